The Bertz CT molecular complexity index is 1960. The average molecular weight is 535 g/mol. The summed E-state index contributed by atoms with van der Waals surface area (Å²) < 4.78 is 27.0. The Balaban J connectivity index is 1.47. The van der Waals surface area contributed by atoms with Crippen molar-refractivity contribution in [1.82, 2.24) is 9.66 Å². The standard InChI is InChI=1S/C30H19FN4O5/c31-24-10-4-1-8-20(24)18-39-26-14-13-22(35(37)38)15-21(26)17-32-34-29(28-16-19-7-2-6-12-27(19)40-28)33-25-11-5-3-9-23(25)30(34)36/h1-17H,18H2. The van der Waals surface area contributed by atoms with Gasteiger partial charge in [0.1, 0.15) is 23.8 Å². The Labute approximate surface area is 225 Å². The van der Waals surface area contributed by atoms with E-state index in [4.69, 9.17) is 9.15 Å². The molecule has 0 amide bonds. The quantitative estimate of drug-likeness (QED) is 0.135. The van der Waals surface area contributed by atoms with Gasteiger partial charge in [-0.15, -0.1) is 0 Å². The summed E-state index contributed by atoms with van der Waals surface area (Å²) in [5, 5.41) is 17.0. The van der Waals surface area contributed by atoms with Crippen molar-refractivity contribution in [1.29, 1.82) is 0 Å². The molecular formula is C30H19FN4O5. The van der Waals surface area contributed by atoms with E-state index in [1.54, 1.807) is 54.6 Å². The molecule has 2 aromatic heterocycles. The second kappa shape index (κ2) is 10.3. The van der Waals surface area contributed by atoms with Crippen molar-refractivity contribution in [2.24, 2.45) is 5.10 Å². The number of aromatic nitrogens is 2. The normalized spacial score (nSPS) is 11.4. The summed E-state index contributed by atoms with van der Waals surface area (Å²) in [4.78, 5) is 29.1. The third kappa shape index (κ3) is 4.69. The van der Waals surface area contributed by atoms with Crippen molar-refractivity contribution in [3.8, 4) is 17.3 Å². The van der Waals surface area contributed by atoms with Crippen molar-refractivity contribution >= 4 is 33.8 Å². The van der Waals surface area contributed by atoms with E-state index in [0.29, 0.717) is 27.8 Å². The van der Waals surface area contributed by atoms with E-state index in [0.717, 1.165) is 10.1 Å². The minimum absolute atomic E-state index is 0.118. The number of benzene rings is 4. The van der Waals surface area contributed by atoms with Crippen LogP contribution < -0.4 is 10.3 Å². The summed E-state index contributed by atoms with van der Waals surface area (Å²) in [5.41, 5.74) is 0.918. The molecule has 0 spiro atoms. The van der Waals surface area contributed by atoms with Gasteiger partial charge in [0.05, 0.1) is 22.0 Å². The fraction of sp³-hybridized carbons (Fsp3) is 0.0333. The van der Waals surface area contributed by atoms with Crippen molar-refractivity contribution in [2.75, 3.05) is 0 Å². The Kier molecular flexibility index (Phi) is 6.33. The average Bonchev–Trinajstić information content (AvgIpc) is 3.41. The van der Waals surface area contributed by atoms with Gasteiger partial charge < -0.3 is 9.15 Å². The molecule has 196 valence electrons. The van der Waals surface area contributed by atoms with E-state index < -0.39 is 16.3 Å². The summed E-state index contributed by atoms with van der Waals surface area (Å²) in [6.45, 7) is -0.118. The predicted octanol–water partition coefficient (Wildman–Crippen LogP) is 6.32. The van der Waals surface area contributed by atoms with Gasteiger partial charge in [-0.3, -0.25) is 14.9 Å². The number of furan rings is 1. The topological polar surface area (TPSA) is 113 Å². The van der Waals surface area contributed by atoms with Crippen LogP contribution in [-0.2, 0) is 6.61 Å². The highest BCUT2D eigenvalue weighted by molar-refractivity contribution is 5.86. The van der Waals surface area contributed by atoms with Gasteiger partial charge in [0, 0.05) is 28.6 Å². The van der Waals surface area contributed by atoms with E-state index in [1.807, 2.05) is 18.2 Å². The summed E-state index contributed by atoms with van der Waals surface area (Å²) in [7, 11) is 0. The zero-order valence-electron chi connectivity index (χ0n) is 20.7. The number of nitro groups is 1. The van der Waals surface area contributed by atoms with Crippen LogP contribution in [0, 0.1) is 15.9 Å². The Morgan fingerprint density at radius 1 is 1.00 bits per heavy atom. The molecule has 0 fully saturated rings. The van der Waals surface area contributed by atoms with Crippen LogP contribution in [0.3, 0.4) is 0 Å². The molecule has 4 aromatic carbocycles. The van der Waals surface area contributed by atoms with Crippen molar-refractivity contribution < 1.29 is 18.5 Å². The maximum absolute atomic E-state index is 14.1. The SMILES string of the molecule is O=c1c2ccccc2nc(-c2cc3ccccc3o2)n1N=Cc1cc([N+](=O)[O-])ccc1OCc1ccccc1F. The van der Waals surface area contributed by atoms with Gasteiger partial charge in [-0.25, -0.2) is 9.37 Å². The second-order valence-corrected chi connectivity index (χ2v) is 8.82. The van der Waals surface area contributed by atoms with E-state index in [1.165, 1.54) is 30.5 Å². The van der Waals surface area contributed by atoms with Crippen molar-refractivity contribution in [2.45, 2.75) is 6.61 Å². The molecule has 6 rings (SSSR count). The first-order chi connectivity index (χ1) is 19.5. The highest BCUT2D eigenvalue weighted by atomic mass is 19.1. The minimum Gasteiger partial charge on any atom is -0.488 e. The number of non-ortho nitro benzene ring substituents is 1. The molecule has 0 aliphatic rings. The first-order valence-electron chi connectivity index (χ1n) is 12.2. The molecule has 9 nitrogen and oxygen atoms in total. The zero-order chi connectivity index (χ0) is 27.6. The molecule has 0 radical (unpaired) electrons. The Morgan fingerprint density at radius 3 is 2.60 bits per heavy atom. The Morgan fingerprint density at radius 2 is 1.77 bits per heavy atom. The zero-order valence-corrected chi connectivity index (χ0v) is 20.7. The number of para-hydroxylation sites is 2. The molecule has 40 heavy (non-hydrogen) atoms. The largest absolute Gasteiger partial charge is 0.488 e. The molecule has 0 bridgehead atoms. The number of hydrogen-bond donors (Lipinski definition) is 0. The third-order valence-corrected chi connectivity index (χ3v) is 6.26. The third-order valence-electron chi connectivity index (χ3n) is 6.26. The van der Waals surface area contributed by atoms with Crippen LogP contribution in [0.1, 0.15) is 11.1 Å². The first kappa shape index (κ1) is 24.7. The van der Waals surface area contributed by atoms with Gasteiger partial charge in [-0.2, -0.15) is 9.78 Å². The van der Waals surface area contributed by atoms with Gasteiger partial charge in [-0.1, -0.05) is 48.5 Å². The van der Waals surface area contributed by atoms with Crippen molar-refractivity contribution in [3.63, 3.8) is 0 Å². The van der Waals surface area contributed by atoms with E-state index in [2.05, 4.69) is 10.1 Å². The van der Waals surface area contributed by atoms with Gasteiger partial charge >= 0.3 is 0 Å². The lowest BCUT2D eigenvalue weighted by molar-refractivity contribution is -0.384. The van der Waals surface area contributed by atoms with E-state index in [-0.39, 0.29) is 29.4 Å². The van der Waals surface area contributed by atoms with E-state index in [9.17, 15) is 19.3 Å². The monoisotopic (exact) mass is 534 g/mol. The van der Waals surface area contributed by atoms with Gasteiger partial charge in [0.15, 0.2) is 5.76 Å². The number of halogens is 1. The van der Waals surface area contributed by atoms with Crippen molar-refractivity contribution in [3.05, 3.63) is 134 Å². The second-order valence-electron chi connectivity index (χ2n) is 8.82. The minimum atomic E-state index is -0.554. The number of fused-ring (bicyclic) bond motifs is 2. The lowest BCUT2D eigenvalue weighted by atomic mass is 10.2. The predicted molar refractivity (Wildman–Crippen MR) is 148 cm³/mol. The number of nitro benzene ring substituents is 1. The van der Waals surface area contributed by atoms with Crippen LogP contribution in [0.5, 0.6) is 5.75 Å². The number of ether oxygens (including phenoxy) is 1. The molecule has 0 atom stereocenters. The summed E-state index contributed by atoms with van der Waals surface area (Å²) in [5.74, 6) is 0.236. The highest BCUT2D eigenvalue weighted by Crippen LogP contribution is 2.28. The van der Waals surface area contributed by atoms with Gasteiger partial charge in [0.25, 0.3) is 11.2 Å². The molecule has 0 unspecified atom stereocenters. The molecule has 6 aromatic rings. The summed E-state index contributed by atoms with van der Waals surface area (Å²) in [6, 6.07) is 26.1. The summed E-state index contributed by atoms with van der Waals surface area (Å²) in [6.07, 6.45) is 1.27. The lowest BCUT2D eigenvalue weighted by Gasteiger charge is -2.10. The van der Waals surface area contributed by atoms with Crippen LogP contribution in [0.25, 0.3) is 33.5 Å². The lowest BCUT2D eigenvalue weighted by Crippen LogP contribution is -2.20. The Hall–Kier alpha value is -5.64. The maximum Gasteiger partial charge on any atom is 0.282 e. The van der Waals surface area contributed by atoms with E-state index >= 15 is 0 Å². The first-order valence-corrected chi connectivity index (χ1v) is 12.2. The maximum atomic E-state index is 14.1. The number of rotatable bonds is 7. The smallest absolute Gasteiger partial charge is 0.282 e. The molecule has 0 aliphatic carbocycles. The number of nitrogens with zero attached hydrogens (tertiary/aromatic N) is 4. The van der Waals surface area contributed by atoms with Crippen LogP contribution >= 0.6 is 0 Å². The molecule has 10 heteroatoms. The van der Waals surface area contributed by atoms with Crippen LogP contribution in [0.15, 0.2) is 111 Å². The molecular weight excluding hydrogens is 515 g/mol. The van der Waals surface area contributed by atoms with Gasteiger partial charge in [0.2, 0.25) is 5.82 Å². The number of hydrogen-bond acceptors (Lipinski definition) is 7. The fourth-order valence-corrected chi connectivity index (χ4v) is 4.26. The summed E-state index contributed by atoms with van der Waals surface area (Å²) >= 11 is 0. The van der Waals surface area contributed by atoms with Crippen LogP contribution in [0.4, 0.5) is 10.1 Å². The molecule has 0 saturated heterocycles. The molecule has 0 N–H and O–H groups in total. The molecule has 0 saturated carbocycles. The highest BCUT2D eigenvalue weighted by Gasteiger charge is 2.17. The molecule has 0 aliphatic heterocycles. The molecule has 2 heterocycles. The van der Waals surface area contributed by atoms with Crippen LogP contribution in [-0.4, -0.2) is 20.8 Å². The fourth-order valence-electron chi connectivity index (χ4n) is 4.26. The van der Waals surface area contributed by atoms with Gasteiger partial charge in [-0.05, 0) is 36.4 Å². The van der Waals surface area contributed by atoms with Crippen LogP contribution in [0.2, 0.25) is 0 Å².